The highest BCUT2D eigenvalue weighted by atomic mass is 16.2. The molecular formula is C20H22N2O. The molecule has 0 saturated heterocycles. The Hall–Kier alpha value is -2.13. The number of rotatable bonds is 1. The van der Waals surface area contributed by atoms with Crippen LogP contribution in [0.2, 0.25) is 0 Å². The van der Waals surface area contributed by atoms with Crippen LogP contribution in [0.1, 0.15) is 39.0 Å². The van der Waals surface area contributed by atoms with E-state index in [9.17, 15) is 4.79 Å². The van der Waals surface area contributed by atoms with Crippen LogP contribution in [0.15, 0.2) is 36.4 Å². The van der Waals surface area contributed by atoms with E-state index in [-0.39, 0.29) is 5.91 Å². The Bertz CT molecular complexity index is 766. The lowest BCUT2D eigenvalue weighted by Crippen LogP contribution is -2.37. The van der Waals surface area contributed by atoms with Crippen LogP contribution in [0.25, 0.3) is 0 Å². The molecule has 0 radical (unpaired) electrons. The number of hydrogen-bond donors (Lipinski definition) is 1. The molecule has 0 fully saturated rings. The van der Waals surface area contributed by atoms with Crippen molar-refractivity contribution in [1.29, 1.82) is 0 Å². The van der Waals surface area contributed by atoms with Crippen molar-refractivity contribution in [2.45, 2.75) is 32.7 Å². The lowest BCUT2D eigenvalue weighted by atomic mass is 9.93. The van der Waals surface area contributed by atoms with Gasteiger partial charge in [-0.05, 0) is 61.6 Å². The van der Waals surface area contributed by atoms with Gasteiger partial charge in [0.1, 0.15) is 0 Å². The first kappa shape index (κ1) is 14.5. The van der Waals surface area contributed by atoms with Gasteiger partial charge in [0, 0.05) is 24.3 Å². The van der Waals surface area contributed by atoms with Crippen molar-refractivity contribution in [3.05, 3.63) is 64.2 Å². The molecule has 3 nitrogen and oxygen atoms in total. The van der Waals surface area contributed by atoms with Crippen molar-refractivity contribution in [3.8, 4) is 0 Å². The van der Waals surface area contributed by atoms with Crippen LogP contribution in [-0.2, 0) is 19.4 Å². The van der Waals surface area contributed by atoms with Gasteiger partial charge in [0.15, 0.2) is 0 Å². The average Bonchev–Trinajstić information content (AvgIpc) is 2.60. The Balaban J connectivity index is 1.74. The van der Waals surface area contributed by atoms with Gasteiger partial charge in [-0.25, -0.2) is 0 Å². The van der Waals surface area contributed by atoms with Crippen LogP contribution in [0.3, 0.4) is 0 Å². The van der Waals surface area contributed by atoms with E-state index in [1.54, 1.807) is 0 Å². The van der Waals surface area contributed by atoms with Crippen molar-refractivity contribution in [2.24, 2.45) is 0 Å². The molecule has 2 heterocycles. The number of fused-ring (bicyclic) bond motifs is 2. The lowest BCUT2D eigenvalue weighted by Gasteiger charge is -2.31. The molecule has 2 aromatic carbocycles. The first-order valence-corrected chi connectivity index (χ1v) is 8.47. The van der Waals surface area contributed by atoms with Crippen molar-refractivity contribution in [3.63, 3.8) is 0 Å². The third kappa shape index (κ3) is 2.55. The fraction of sp³-hybridized carbons (Fsp3) is 0.350. The average molecular weight is 306 g/mol. The van der Waals surface area contributed by atoms with E-state index in [1.807, 2.05) is 17.0 Å². The second kappa shape index (κ2) is 5.82. The zero-order valence-electron chi connectivity index (χ0n) is 13.6. The van der Waals surface area contributed by atoms with Crippen molar-refractivity contribution >= 4 is 11.6 Å². The third-order valence-corrected chi connectivity index (χ3v) is 4.97. The van der Waals surface area contributed by atoms with E-state index in [1.165, 1.54) is 22.3 Å². The molecular weight excluding hydrogens is 284 g/mol. The molecule has 0 saturated carbocycles. The second-order valence-electron chi connectivity index (χ2n) is 6.56. The van der Waals surface area contributed by atoms with Crippen LogP contribution in [-0.4, -0.2) is 19.0 Å². The van der Waals surface area contributed by atoms with Crippen molar-refractivity contribution < 1.29 is 4.79 Å². The maximum Gasteiger partial charge on any atom is 0.258 e. The zero-order chi connectivity index (χ0) is 15.8. The molecule has 1 amide bonds. The first-order chi connectivity index (χ1) is 11.2. The van der Waals surface area contributed by atoms with Gasteiger partial charge in [-0.15, -0.1) is 0 Å². The fourth-order valence-electron chi connectivity index (χ4n) is 3.81. The maximum absolute atomic E-state index is 13.2. The minimum Gasteiger partial charge on any atom is -0.312 e. The number of aryl methyl sites for hydroxylation is 2. The predicted octanol–water partition coefficient (Wildman–Crippen LogP) is 3.23. The SMILES string of the molecule is Cc1ccc2c(c1)CCCN2C(=O)c1cccc2c1CCNC2. The van der Waals surface area contributed by atoms with Crippen LogP contribution in [0.4, 0.5) is 5.69 Å². The van der Waals surface area contributed by atoms with E-state index in [0.29, 0.717) is 0 Å². The largest absolute Gasteiger partial charge is 0.312 e. The van der Waals surface area contributed by atoms with Gasteiger partial charge in [-0.1, -0.05) is 29.8 Å². The van der Waals surface area contributed by atoms with Crippen LogP contribution < -0.4 is 10.2 Å². The summed E-state index contributed by atoms with van der Waals surface area (Å²) in [4.78, 5) is 15.2. The molecule has 2 aromatic rings. The molecule has 4 rings (SSSR count). The van der Waals surface area contributed by atoms with E-state index in [0.717, 1.165) is 50.1 Å². The van der Waals surface area contributed by atoms with E-state index in [2.05, 4.69) is 36.5 Å². The summed E-state index contributed by atoms with van der Waals surface area (Å²) in [6, 6.07) is 12.6. The Morgan fingerprint density at radius 2 is 2.04 bits per heavy atom. The lowest BCUT2D eigenvalue weighted by molar-refractivity contribution is 0.0984. The molecule has 2 aliphatic heterocycles. The number of carbonyl (C=O) groups excluding carboxylic acids is 1. The first-order valence-electron chi connectivity index (χ1n) is 8.47. The molecule has 0 unspecified atom stereocenters. The summed E-state index contributed by atoms with van der Waals surface area (Å²) in [6.45, 7) is 4.75. The summed E-state index contributed by atoms with van der Waals surface area (Å²) in [7, 11) is 0. The molecule has 0 aliphatic carbocycles. The monoisotopic (exact) mass is 306 g/mol. The third-order valence-electron chi connectivity index (χ3n) is 4.97. The molecule has 0 atom stereocenters. The number of amides is 1. The van der Waals surface area contributed by atoms with E-state index >= 15 is 0 Å². The number of carbonyl (C=O) groups is 1. The van der Waals surface area contributed by atoms with Gasteiger partial charge in [-0.2, -0.15) is 0 Å². The molecule has 0 bridgehead atoms. The highest BCUT2D eigenvalue weighted by Crippen LogP contribution is 2.30. The summed E-state index contributed by atoms with van der Waals surface area (Å²) in [6.07, 6.45) is 3.04. The summed E-state index contributed by atoms with van der Waals surface area (Å²) in [5.41, 5.74) is 7.05. The van der Waals surface area contributed by atoms with Crippen LogP contribution in [0.5, 0.6) is 0 Å². The Kier molecular flexibility index (Phi) is 3.66. The summed E-state index contributed by atoms with van der Waals surface area (Å²) < 4.78 is 0. The van der Waals surface area contributed by atoms with Gasteiger partial charge >= 0.3 is 0 Å². The number of benzene rings is 2. The smallest absolute Gasteiger partial charge is 0.258 e. The molecule has 0 aromatic heterocycles. The summed E-state index contributed by atoms with van der Waals surface area (Å²) in [5.74, 6) is 0.161. The Morgan fingerprint density at radius 1 is 1.13 bits per heavy atom. The van der Waals surface area contributed by atoms with Crippen LogP contribution >= 0.6 is 0 Å². The molecule has 0 spiro atoms. The number of anilines is 1. The summed E-state index contributed by atoms with van der Waals surface area (Å²) in [5, 5.41) is 3.38. The quantitative estimate of drug-likeness (QED) is 0.877. The standard InChI is InChI=1S/C20H22N2O/c1-14-7-8-19-15(12-14)5-3-11-22(19)20(23)18-6-2-4-16-13-21-10-9-17(16)18/h2,4,6-8,12,21H,3,5,9-11,13H2,1H3. The zero-order valence-corrected chi connectivity index (χ0v) is 13.6. The molecule has 1 N–H and O–H groups in total. The highest BCUT2D eigenvalue weighted by molar-refractivity contribution is 6.08. The predicted molar refractivity (Wildman–Crippen MR) is 93.0 cm³/mol. The Morgan fingerprint density at radius 3 is 2.96 bits per heavy atom. The topological polar surface area (TPSA) is 32.3 Å². The van der Waals surface area contributed by atoms with Crippen molar-refractivity contribution in [2.75, 3.05) is 18.0 Å². The van der Waals surface area contributed by atoms with Crippen LogP contribution in [0, 0.1) is 6.92 Å². The molecule has 3 heteroatoms. The molecule has 118 valence electrons. The highest BCUT2D eigenvalue weighted by Gasteiger charge is 2.26. The number of nitrogens with one attached hydrogen (secondary N) is 1. The maximum atomic E-state index is 13.2. The normalized spacial score (nSPS) is 16.7. The van der Waals surface area contributed by atoms with Gasteiger partial charge < -0.3 is 10.2 Å². The molecule has 2 aliphatic rings. The second-order valence-corrected chi connectivity index (χ2v) is 6.56. The minimum absolute atomic E-state index is 0.161. The van der Waals surface area contributed by atoms with Gasteiger partial charge in [0.25, 0.3) is 5.91 Å². The van der Waals surface area contributed by atoms with E-state index in [4.69, 9.17) is 0 Å². The van der Waals surface area contributed by atoms with Gasteiger partial charge in [0.05, 0.1) is 0 Å². The van der Waals surface area contributed by atoms with Gasteiger partial charge in [-0.3, -0.25) is 4.79 Å². The summed E-state index contributed by atoms with van der Waals surface area (Å²) >= 11 is 0. The minimum atomic E-state index is 0.161. The number of nitrogens with zero attached hydrogens (tertiary/aromatic N) is 1. The van der Waals surface area contributed by atoms with Crippen molar-refractivity contribution in [1.82, 2.24) is 5.32 Å². The molecule has 23 heavy (non-hydrogen) atoms. The number of hydrogen-bond acceptors (Lipinski definition) is 2. The fourth-order valence-corrected chi connectivity index (χ4v) is 3.81. The Labute approximate surface area is 137 Å². The van der Waals surface area contributed by atoms with E-state index < -0.39 is 0 Å². The van der Waals surface area contributed by atoms with Gasteiger partial charge in [0.2, 0.25) is 0 Å².